The molecule has 2 heterocycles. The number of aromatic nitrogens is 2. The second kappa shape index (κ2) is 7.58. The lowest BCUT2D eigenvalue weighted by Gasteiger charge is -2.25. The van der Waals surface area contributed by atoms with E-state index in [4.69, 9.17) is 9.47 Å². The Hall–Kier alpha value is -3.35. The van der Waals surface area contributed by atoms with Gasteiger partial charge < -0.3 is 14.8 Å². The van der Waals surface area contributed by atoms with Crippen LogP contribution in [0.15, 0.2) is 47.3 Å². The zero-order valence-corrected chi connectivity index (χ0v) is 16.6. The monoisotopic (exact) mass is 393 g/mol. The number of fused-ring (bicyclic) bond motifs is 2. The predicted molar refractivity (Wildman–Crippen MR) is 109 cm³/mol. The summed E-state index contributed by atoms with van der Waals surface area (Å²) in [7, 11) is 1.55. The van der Waals surface area contributed by atoms with Crippen LogP contribution >= 0.6 is 0 Å². The number of carbonyl (C=O) groups excluding carboxylic acids is 1. The van der Waals surface area contributed by atoms with E-state index >= 15 is 0 Å². The number of hydrogen-bond acceptors (Lipinski definition) is 5. The molecule has 1 amide bonds. The van der Waals surface area contributed by atoms with E-state index < -0.39 is 0 Å². The van der Waals surface area contributed by atoms with E-state index in [1.165, 1.54) is 4.68 Å². The van der Waals surface area contributed by atoms with Crippen molar-refractivity contribution < 1.29 is 14.3 Å². The highest BCUT2D eigenvalue weighted by molar-refractivity contribution is 6.04. The van der Waals surface area contributed by atoms with Gasteiger partial charge in [-0.05, 0) is 29.7 Å². The van der Waals surface area contributed by atoms with Gasteiger partial charge in [0.1, 0.15) is 13.2 Å². The Kier molecular flexibility index (Phi) is 4.96. The van der Waals surface area contributed by atoms with Gasteiger partial charge in [0.15, 0.2) is 17.2 Å². The van der Waals surface area contributed by atoms with Crippen LogP contribution in [0, 0.1) is 5.92 Å². The predicted octanol–water partition coefficient (Wildman–Crippen LogP) is 2.83. The minimum absolute atomic E-state index is 0.125. The van der Waals surface area contributed by atoms with E-state index in [9.17, 15) is 9.59 Å². The first-order valence-electron chi connectivity index (χ1n) is 9.62. The molecular formula is C22H23N3O4. The third-order valence-corrected chi connectivity index (χ3v) is 5.05. The molecule has 1 aromatic heterocycles. The van der Waals surface area contributed by atoms with Crippen LogP contribution in [0.5, 0.6) is 11.5 Å². The molecule has 1 N–H and O–H groups in total. The fraction of sp³-hybridized carbons (Fsp3) is 0.318. The molecule has 4 rings (SSSR count). The van der Waals surface area contributed by atoms with Gasteiger partial charge in [0.2, 0.25) is 0 Å². The van der Waals surface area contributed by atoms with Crippen LogP contribution in [0.3, 0.4) is 0 Å². The van der Waals surface area contributed by atoms with Crippen molar-refractivity contribution in [1.82, 2.24) is 15.1 Å². The van der Waals surface area contributed by atoms with E-state index in [-0.39, 0.29) is 29.1 Å². The SMILES string of the molecule is CC(C)[C@@H](NC(=O)c1nn(C)c(=O)c2ccccc12)c1ccc2c(c1)OCCO2. The molecule has 0 saturated heterocycles. The molecule has 0 radical (unpaired) electrons. The molecule has 1 atom stereocenters. The molecule has 0 unspecified atom stereocenters. The standard InChI is InChI=1S/C22H23N3O4/c1-13(2)19(14-8-9-17-18(12-14)29-11-10-28-17)23-21(26)20-15-6-4-5-7-16(15)22(27)25(3)24-20/h4-9,12-13,19H,10-11H2,1-3H3,(H,23,26)/t19-/m1/s1. The molecule has 0 spiro atoms. The Morgan fingerprint density at radius 3 is 2.48 bits per heavy atom. The van der Waals surface area contributed by atoms with Gasteiger partial charge in [-0.1, -0.05) is 38.1 Å². The van der Waals surface area contributed by atoms with E-state index in [0.717, 1.165) is 5.56 Å². The molecule has 7 heteroatoms. The zero-order valence-electron chi connectivity index (χ0n) is 16.6. The van der Waals surface area contributed by atoms with Crippen molar-refractivity contribution >= 4 is 16.7 Å². The van der Waals surface area contributed by atoms with Crippen molar-refractivity contribution in [3.05, 3.63) is 64.1 Å². The molecule has 0 aliphatic carbocycles. The van der Waals surface area contributed by atoms with Crippen LogP contribution < -0.4 is 20.3 Å². The lowest BCUT2D eigenvalue weighted by atomic mass is 9.95. The second-order valence-corrected chi connectivity index (χ2v) is 7.42. The van der Waals surface area contributed by atoms with E-state index in [2.05, 4.69) is 10.4 Å². The average molecular weight is 393 g/mol. The molecule has 0 fully saturated rings. The van der Waals surface area contributed by atoms with Gasteiger partial charge in [-0.3, -0.25) is 9.59 Å². The topological polar surface area (TPSA) is 82.5 Å². The highest BCUT2D eigenvalue weighted by Gasteiger charge is 2.24. The van der Waals surface area contributed by atoms with Gasteiger partial charge in [0.25, 0.3) is 11.5 Å². The Bertz CT molecular complexity index is 1140. The fourth-order valence-corrected chi connectivity index (χ4v) is 3.57. The summed E-state index contributed by atoms with van der Waals surface area (Å²) in [6, 6.07) is 12.5. The Morgan fingerprint density at radius 1 is 1.07 bits per heavy atom. The quantitative estimate of drug-likeness (QED) is 0.737. The molecule has 3 aromatic rings. The number of aryl methyl sites for hydroxylation is 1. The maximum absolute atomic E-state index is 13.2. The van der Waals surface area contributed by atoms with Gasteiger partial charge in [-0.2, -0.15) is 5.10 Å². The lowest BCUT2D eigenvalue weighted by Crippen LogP contribution is -2.34. The summed E-state index contributed by atoms with van der Waals surface area (Å²) in [5, 5.41) is 8.31. The van der Waals surface area contributed by atoms with Crippen LogP contribution in [0.2, 0.25) is 0 Å². The summed E-state index contributed by atoms with van der Waals surface area (Å²) in [5.74, 6) is 1.18. The van der Waals surface area contributed by atoms with Gasteiger partial charge in [-0.15, -0.1) is 0 Å². The first kappa shape index (κ1) is 19.0. The van der Waals surface area contributed by atoms with Gasteiger partial charge in [0.05, 0.1) is 11.4 Å². The van der Waals surface area contributed by atoms with E-state index in [1.807, 2.05) is 32.0 Å². The number of amides is 1. The van der Waals surface area contributed by atoms with Gasteiger partial charge in [-0.25, -0.2) is 4.68 Å². The molecule has 7 nitrogen and oxygen atoms in total. The summed E-state index contributed by atoms with van der Waals surface area (Å²) in [5.41, 5.74) is 0.919. The van der Waals surface area contributed by atoms with Crippen LogP contribution in [0.1, 0.15) is 35.9 Å². The van der Waals surface area contributed by atoms with Gasteiger partial charge in [0, 0.05) is 12.4 Å². The molecule has 1 aliphatic rings. The van der Waals surface area contributed by atoms with Crippen molar-refractivity contribution in [2.45, 2.75) is 19.9 Å². The van der Waals surface area contributed by atoms with Crippen molar-refractivity contribution in [2.75, 3.05) is 13.2 Å². The van der Waals surface area contributed by atoms with Crippen LogP contribution in [-0.4, -0.2) is 28.9 Å². The van der Waals surface area contributed by atoms with Crippen LogP contribution in [0.4, 0.5) is 0 Å². The highest BCUT2D eigenvalue weighted by atomic mass is 16.6. The molecule has 0 bridgehead atoms. The third-order valence-electron chi connectivity index (χ3n) is 5.05. The van der Waals surface area contributed by atoms with Gasteiger partial charge >= 0.3 is 0 Å². The maximum Gasteiger partial charge on any atom is 0.274 e. The Morgan fingerprint density at radius 2 is 1.76 bits per heavy atom. The number of hydrogen-bond donors (Lipinski definition) is 1. The third kappa shape index (κ3) is 3.55. The molecule has 0 saturated carbocycles. The summed E-state index contributed by atoms with van der Waals surface area (Å²) in [6.45, 7) is 5.10. The first-order chi connectivity index (χ1) is 14.0. The molecule has 1 aliphatic heterocycles. The molecular weight excluding hydrogens is 370 g/mol. The average Bonchev–Trinajstić information content (AvgIpc) is 2.74. The summed E-state index contributed by atoms with van der Waals surface area (Å²) in [4.78, 5) is 25.5. The fourth-order valence-electron chi connectivity index (χ4n) is 3.57. The summed E-state index contributed by atoms with van der Waals surface area (Å²) >= 11 is 0. The molecule has 150 valence electrons. The number of benzene rings is 2. The Balaban J connectivity index is 1.70. The minimum Gasteiger partial charge on any atom is -0.486 e. The van der Waals surface area contributed by atoms with Crippen LogP contribution in [-0.2, 0) is 7.05 Å². The van der Waals surface area contributed by atoms with E-state index in [0.29, 0.717) is 35.5 Å². The first-order valence-corrected chi connectivity index (χ1v) is 9.62. The smallest absolute Gasteiger partial charge is 0.274 e. The number of nitrogens with zero attached hydrogens (tertiary/aromatic N) is 2. The van der Waals surface area contributed by atoms with Crippen molar-refractivity contribution in [2.24, 2.45) is 13.0 Å². The van der Waals surface area contributed by atoms with Crippen molar-refractivity contribution in [3.63, 3.8) is 0 Å². The largest absolute Gasteiger partial charge is 0.486 e. The molecule has 2 aromatic carbocycles. The number of rotatable bonds is 4. The zero-order chi connectivity index (χ0) is 20.5. The normalized spacial score (nSPS) is 14.1. The second-order valence-electron chi connectivity index (χ2n) is 7.42. The summed E-state index contributed by atoms with van der Waals surface area (Å²) in [6.07, 6.45) is 0. The maximum atomic E-state index is 13.2. The molecule has 29 heavy (non-hydrogen) atoms. The van der Waals surface area contributed by atoms with E-state index in [1.54, 1.807) is 31.3 Å². The number of carbonyl (C=O) groups is 1. The van der Waals surface area contributed by atoms with Crippen molar-refractivity contribution in [1.29, 1.82) is 0 Å². The minimum atomic E-state index is -0.328. The van der Waals surface area contributed by atoms with Crippen LogP contribution in [0.25, 0.3) is 10.8 Å². The lowest BCUT2D eigenvalue weighted by molar-refractivity contribution is 0.0920. The number of ether oxygens (including phenoxy) is 2. The number of nitrogens with one attached hydrogen (secondary N) is 1. The highest BCUT2D eigenvalue weighted by Crippen LogP contribution is 2.34. The Labute approximate surface area is 168 Å². The van der Waals surface area contributed by atoms with Crippen molar-refractivity contribution in [3.8, 4) is 11.5 Å². The summed E-state index contributed by atoms with van der Waals surface area (Å²) < 4.78 is 12.5.